The summed E-state index contributed by atoms with van der Waals surface area (Å²) in [6.07, 6.45) is 3.01. The van der Waals surface area contributed by atoms with Crippen molar-refractivity contribution in [2.75, 3.05) is 26.4 Å². The Morgan fingerprint density at radius 2 is 2.11 bits per heavy atom. The van der Waals surface area contributed by atoms with E-state index in [-0.39, 0.29) is 17.9 Å². The second-order valence-electron chi connectivity index (χ2n) is 4.91. The van der Waals surface area contributed by atoms with Crippen LogP contribution in [0, 0.1) is 5.92 Å². The van der Waals surface area contributed by atoms with Crippen LogP contribution < -0.4 is 0 Å². The smallest absolute Gasteiger partial charge is 0.328 e. The number of carbonyl (C=O) groups excluding carboxylic acids is 2. The molecule has 5 nitrogen and oxygen atoms in total. The molecule has 1 atom stereocenters. The van der Waals surface area contributed by atoms with Gasteiger partial charge in [0.2, 0.25) is 5.91 Å². The molecule has 0 aliphatic carbocycles. The third-order valence-corrected chi connectivity index (χ3v) is 3.68. The van der Waals surface area contributed by atoms with E-state index in [1.807, 2.05) is 0 Å². The average molecular weight is 255 g/mol. The van der Waals surface area contributed by atoms with Crippen LogP contribution in [0.3, 0.4) is 0 Å². The fourth-order valence-corrected chi connectivity index (χ4v) is 2.65. The van der Waals surface area contributed by atoms with Crippen LogP contribution in [0.15, 0.2) is 0 Å². The first kappa shape index (κ1) is 13.3. The minimum absolute atomic E-state index is 0.0829. The lowest BCUT2D eigenvalue weighted by Gasteiger charge is -2.30. The zero-order chi connectivity index (χ0) is 13.0. The van der Waals surface area contributed by atoms with E-state index in [1.54, 1.807) is 11.8 Å². The summed E-state index contributed by atoms with van der Waals surface area (Å²) in [6.45, 7) is 4.35. The largest absolute Gasteiger partial charge is 0.464 e. The zero-order valence-corrected chi connectivity index (χ0v) is 10.9. The number of esters is 1. The molecular formula is C13H21NO4. The van der Waals surface area contributed by atoms with Crippen molar-refractivity contribution in [1.29, 1.82) is 0 Å². The van der Waals surface area contributed by atoms with Crippen molar-refractivity contribution in [3.63, 3.8) is 0 Å². The number of likely N-dealkylation sites (tertiary alicyclic amines) is 1. The van der Waals surface area contributed by atoms with Crippen LogP contribution in [-0.2, 0) is 19.1 Å². The van der Waals surface area contributed by atoms with Gasteiger partial charge in [-0.2, -0.15) is 0 Å². The Labute approximate surface area is 107 Å². The Balaban J connectivity index is 1.94. The summed E-state index contributed by atoms with van der Waals surface area (Å²) in [4.78, 5) is 25.4. The minimum Gasteiger partial charge on any atom is -0.464 e. The highest BCUT2D eigenvalue weighted by Crippen LogP contribution is 2.24. The van der Waals surface area contributed by atoms with E-state index in [0.717, 1.165) is 26.1 Å². The Bertz CT molecular complexity index is 312. The molecule has 0 N–H and O–H groups in total. The second kappa shape index (κ2) is 6.18. The summed E-state index contributed by atoms with van der Waals surface area (Å²) in [5.74, 6) is 0.285. The molecule has 0 saturated carbocycles. The number of rotatable bonds is 4. The summed E-state index contributed by atoms with van der Waals surface area (Å²) in [5, 5.41) is 0. The van der Waals surface area contributed by atoms with Gasteiger partial charge in [-0.25, -0.2) is 4.79 Å². The molecule has 0 aromatic rings. The SMILES string of the molecule is CCOC(=O)C1CCC(=O)N1CC1CCOCC1. The third-order valence-electron chi connectivity index (χ3n) is 3.68. The first-order chi connectivity index (χ1) is 8.72. The third kappa shape index (κ3) is 3.02. The summed E-state index contributed by atoms with van der Waals surface area (Å²) in [6, 6.07) is -0.361. The van der Waals surface area contributed by atoms with Gasteiger partial charge in [-0.15, -0.1) is 0 Å². The van der Waals surface area contributed by atoms with Gasteiger partial charge in [0.15, 0.2) is 0 Å². The first-order valence-electron chi connectivity index (χ1n) is 6.76. The predicted octanol–water partition coefficient (Wildman–Crippen LogP) is 0.967. The molecule has 18 heavy (non-hydrogen) atoms. The van der Waals surface area contributed by atoms with Gasteiger partial charge in [0.1, 0.15) is 6.04 Å². The molecule has 2 fully saturated rings. The Morgan fingerprint density at radius 1 is 1.39 bits per heavy atom. The van der Waals surface area contributed by atoms with Crippen LogP contribution in [0.4, 0.5) is 0 Å². The highest BCUT2D eigenvalue weighted by atomic mass is 16.5. The molecule has 0 bridgehead atoms. The number of hydrogen-bond acceptors (Lipinski definition) is 4. The normalized spacial score (nSPS) is 25.5. The van der Waals surface area contributed by atoms with Gasteiger partial charge in [0.05, 0.1) is 6.61 Å². The monoisotopic (exact) mass is 255 g/mol. The van der Waals surface area contributed by atoms with Crippen molar-refractivity contribution >= 4 is 11.9 Å². The molecular weight excluding hydrogens is 234 g/mol. The maximum Gasteiger partial charge on any atom is 0.328 e. The summed E-state index contributed by atoms with van der Waals surface area (Å²) in [7, 11) is 0. The van der Waals surface area contributed by atoms with Gasteiger partial charge in [-0.05, 0) is 32.1 Å². The Morgan fingerprint density at radius 3 is 2.78 bits per heavy atom. The molecule has 102 valence electrons. The molecule has 0 aromatic carbocycles. The van der Waals surface area contributed by atoms with Gasteiger partial charge in [0.25, 0.3) is 0 Å². The molecule has 0 radical (unpaired) electrons. The quantitative estimate of drug-likeness (QED) is 0.702. The van der Waals surface area contributed by atoms with Crippen LogP contribution in [0.25, 0.3) is 0 Å². The van der Waals surface area contributed by atoms with E-state index in [9.17, 15) is 9.59 Å². The fraction of sp³-hybridized carbons (Fsp3) is 0.846. The van der Waals surface area contributed by atoms with E-state index in [1.165, 1.54) is 0 Å². The van der Waals surface area contributed by atoms with Gasteiger partial charge in [-0.3, -0.25) is 4.79 Å². The maximum absolute atomic E-state index is 11.9. The number of nitrogens with zero attached hydrogens (tertiary/aromatic N) is 1. The molecule has 2 heterocycles. The topological polar surface area (TPSA) is 55.8 Å². The summed E-state index contributed by atoms with van der Waals surface area (Å²) >= 11 is 0. The van der Waals surface area contributed by atoms with Crippen molar-refractivity contribution < 1.29 is 19.1 Å². The maximum atomic E-state index is 11.9. The van der Waals surface area contributed by atoms with E-state index in [2.05, 4.69) is 0 Å². The predicted molar refractivity (Wildman–Crippen MR) is 64.9 cm³/mol. The lowest BCUT2D eigenvalue weighted by Crippen LogP contribution is -2.43. The average Bonchev–Trinajstić information content (AvgIpc) is 2.73. The molecule has 2 aliphatic heterocycles. The lowest BCUT2D eigenvalue weighted by molar-refractivity contribution is -0.152. The van der Waals surface area contributed by atoms with Crippen molar-refractivity contribution in [3.8, 4) is 0 Å². The number of amides is 1. The molecule has 1 amide bonds. The summed E-state index contributed by atoms with van der Waals surface area (Å²) < 4.78 is 10.3. The van der Waals surface area contributed by atoms with E-state index < -0.39 is 0 Å². The summed E-state index contributed by atoms with van der Waals surface area (Å²) in [5.41, 5.74) is 0. The van der Waals surface area contributed by atoms with Crippen LogP contribution in [0.1, 0.15) is 32.6 Å². The molecule has 2 saturated heterocycles. The molecule has 5 heteroatoms. The zero-order valence-electron chi connectivity index (χ0n) is 10.9. The van der Waals surface area contributed by atoms with Gasteiger partial charge < -0.3 is 14.4 Å². The first-order valence-corrected chi connectivity index (χ1v) is 6.76. The second-order valence-corrected chi connectivity index (χ2v) is 4.91. The van der Waals surface area contributed by atoms with Crippen molar-refractivity contribution in [1.82, 2.24) is 4.90 Å². The van der Waals surface area contributed by atoms with Crippen LogP contribution in [0.5, 0.6) is 0 Å². The van der Waals surface area contributed by atoms with Crippen molar-refractivity contribution in [2.45, 2.75) is 38.6 Å². The molecule has 2 aliphatic rings. The van der Waals surface area contributed by atoms with Crippen LogP contribution >= 0.6 is 0 Å². The highest BCUT2D eigenvalue weighted by Gasteiger charge is 2.38. The molecule has 1 unspecified atom stereocenters. The number of carbonyl (C=O) groups is 2. The van der Waals surface area contributed by atoms with E-state index in [4.69, 9.17) is 9.47 Å². The lowest BCUT2D eigenvalue weighted by atomic mass is 9.99. The van der Waals surface area contributed by atoms with Crippen molar-refractivity contribution in [2.24, 2.45) is 5.92 Å². The Kier molecular flexibility index (Phi) is 4.58. The van der Waals surface area contributed by atoms with E-state index >= 15 is 0 Å². The van der Waals surface area contributed by atoms with Gasteiger partial charge in [0, 0.05) is 26.2 Å². The molecule has 0 aromatic heterocycles. The van der Waals surface area contributed by atoms with Crippen LogP contribution in [-0.4, -0.2) is 49.2 Å². The number of hydrogen-bond donors (Lipinski definition) is 0. The van der Waals surface area contributed by atoms with Crippen molar-refractivity contribution in [3.05, 3.63) is 0 Å². The number of ether oxygens (including phenoxy) is 2. The fourth-order valence-electron chi connectivity index (χ4n) is 2.65. The van der Waals surface area contributed by atoms with E-state index in [0.29, 0.717) is 31.9 Å². The minimum atomic E-state index is -0.361. The molecule has 0 spiro atoms. The van der Waals surface area contributed by atoms with Gasteiger partial charge >= 0.3 is 5.97 Å². The van der Waals surface area contributed by atoms with Crippen LogP contribution in [0.2, 0.25) is 0 Å². The standard InChI is InChI=1S/C13H21NO4/c1-2-18-13(16)11-3-4-12(15)14(11)9-10-5-7-17-8-6-10/h10-11H,2-9H2,1H3. The Hall–Kier alpha value is -1.10. The van der Waals surface area contributed by atoms with Gasteiger partial charge in [-0.1, -0.05) is 0 Å². The highest BCUT2D eigenvalue weighted by molar-refractivity contribution is 5.88. The molecule has 2 rings (SSSR count).